The van der Waals surface area contributed by atoms with Gasteiger partial charge < -0.3 is 9.80 Å². The molecule has 1 aromatic heterocycles. The van der Waals surface area contributed by atoms with Gasteiger partial charge in [-0.1, -0.05) is 30.4 Å². The highest BCUT2D eigenvalue weighted by Gasteiger charge is 2.23. The van der Waals surface area contributed by atoms with Gasteiger partial charge in [0.25, 0.3) is 0 Å². The molecule has 0 saturated carbocycles. The number of aromatic nitrogens is 1. The third-order valence-corrected chi connectivity index (χ3v) is 7.46. The summed E-state index contributed by atoms with van der Waals surface area (Å²) < 4.78 is 1.24. The third-order valence-electron chi connectivity index (χ3n) is 5.49. The Balaban J connectivity index is 1.35. The van der Waals surface area contributed by atoms with Crippen molar-refractivity contribution in [3.05, 3.63) is 53.1 Å². The molecule has 4 nitrogen and oxygen atoms in total. The Morgan fingerprint density at radius 1 is 1.07 bits per heavy atom. The van der Waals surface area contributed by atoms with Crippen LogP contribution in [0.4, 0.5) is 5.13 Å². The maximum absolute atomic E-state index is 12.7. The Morgan fingerprint density at radius 2 is 1.76 bits per heavy atom. The number of benzene rings is 2. The fourth-order valence-corrected chi connectivity index (χ4v) is 5.37. The van der Waals surface area contributed by atoms with Crippen molar-refractivity contribution < 1.29 is 4.79 Å². The fourth-order valence-electron chi connectivity index (χ4n) is 3.61. The zero-order chi connectivity index (χ0) is 20.4. The molecule has 0 radical (unpaired) electrons. The minimum absolute atomic E-state index is 0.219. The van der Waals surface area contributed by atoms with Crippen LogP contribution < -0.4 is 4.90 Å². The molecule has 6 heteroatoms. The zero-order valence-corrected chi connectivity index (χ0v) is 18.9. The summed E-state index contributed by atoms with van der Waals surface area (Å²) >= 11 is 3.58. The SMILES string of the molecule is CCSc1ccc(CC(=O)N2CCN(c3nc4cc(C)c(C)cc4s3)CC2)cc1. The average molecular weight is 426 g/mol. The van der Waals surface area contributed by atoms with Crippen LogP contribution in [0.25, 0.3) is 10.2 Å². The summed E-state index contributed by atoms with van der Waals surface area (Å²) in [6.45, 7) is 9.64. The second-order valence-corrected chi connectivity index (χ2v) is 9.87. The molecule has 1 aliphatic rings. The second kappa shape index (κ2) is 8.76. The van der Waals surface area contributed by atoms with Gasteiger partial charge in [-0.2, -0.15) is 0 Å². The lowest BCUT2D eigenvalue weighted by Gasteiger charge is -2.34. The van der Waals surface area contributed by atoms with Gasteiger partial charge >= 0.3 is 0 Å². The number of carbonyl (C=O) groups excluding carboxylic acids is 1. The summed E-state index contributed by atoms with van der Waals surface area (Å²) in [6.07, 6.45) is 0.483. The highest BCUT2D eigenvalue weighted by molar-refractivity contribution is 7.99. The van der Waals surface area contributed by atoms with Crippen molar-refractivity contribution in [3.8, 4) is 0 Å². The first-order valence-corrected chi connectivity index (χ1v) is 12.0. The van der Waals surface area contributed by atoms with Crippen LogP contribution in [0.1, 0.15) is 23.6 Å². The van der Waals surface area contributed by atoms with E-state index in [0.29, 0.717) is 6.42 Å². The number of nitrogens with zero attached hydrogens (tertiary/aromatic N) is 3. The Labute approximate surface area is 180 Å². The van der Waals surface area contributed by atoms with Crippen LogP contribution in [-0.4, -0.2) is 47.7 Å². The van der Waals surface area contributed by atoms with Crippen molar-refractivity contribution in [2.45, 2.75) is 32.1 Å². The average Bonchev–Trinajstić information content (AvgIpc) is 3.13. The van der Waals surface area contributed by atoms with Gasteiger partial charge in [0, 0.05) is 31.1 Å². The smallest absolute Gasteiger partial charge is 0.227 e. The molecule has 1 amide bonds. The number of carbonyl (C=O) groups is 1. The first-order valence-electron chi connectivity index (χ1n) is 10.2. The van der Waals surface area contributed by atoms with E-state index in [9.17, 15) is 4.79 Å². The van der Waals surface area contributed by atoms with Gasteiger partial charge in [0.1, 0.15) is 0 Å². The number of aryl methyl sites for hydroxylation is 2. The molecule has 0 bridgehead atoms. The van der Waals surface area contributed by atoms with Gasteiger partial charge in [-0.05, 0) is 60.6 Å². The molecule has 2 aromatic carbocycles. The summed E-state index contributed by atoms with van der Waals surface area (Å²) in [5.74, 6) is 1.28. The van der Waals surface area contributed by atoms with Crippen LogP contribution in [0.2, 0.25) is 0 Å². The normalized spacial score (nSPS) is 14.6. The first-order chi connectivity index (χ1) is 14.0. The van der Waals surface area contributed by atoms with Gasteiger partial charge in [0.05, 0.1) is 16.6 Å². The van der Waals surface area contributed by atoms with Crippen LogP contribution in [0.15, 0.2) is 41.3 Å². The standard InChI is InChI=1S/C23H27N3OS2/c1-4-28-19-7-5-18(6-8-19)15-22(27)25-9-11-26(12-10-25)23-24-20-13-16(2)17(3)14-21(20)29-23/h5-8,13-14H,4,9-12,15H2,1-3H3. The predicted octanol–water partition coefficient (Wildman–Crippen LogP) is 4.92. The van der Waals surface area contributed by atoms with Crippen molar-refractivity contribution in [2.24, 2.45) is 0 Å². The summed E-state index contributed by atoms with van der Waals surface area (Å²) in [6, 6.07) is 12.8. The monoisotopic (exact) mass is 425 g/mol. The second-order valence-electron chi connectivity index (χ2n) is 7.52. The van der Waals surface area contributed by atoms with E-state index in [1.165, 1.54) is 20.7 Å². The number of thiazole rings is 1. The van der Waals surface area contributed by atoms with E-state index in [0.717, 1.165) is 48.1 Å². The molecule has 3 aromatic rings. The van der Waals surface area contributed by atoms with Crippen molar-refractivity contribution in [1.29, 1.82) is 0 Å². The van der Waals surface area contributed by atoms with E-state index in [4.69, 9.17) is 4.98 Å². The van der Waals surface area contributed by atoms with Crippen molar-refractivity contribution in [3.63, 3.8) is 0 Å². The number of thioether (sulfide) groups is 1. The molecular weight excluding hydrogens is 398 g/mol. The summed E-state index contributed by atoms with van der Waals surface area (Å²) in [5.41, 5.74) is 4.77. The number of anilines is 1. The number of rotatable bonds is 5. The van der Waals surface area contributed by atoms with Crippen LogP contribution in [0.3, 0.4) is 0 Å². The predicted molar refractivity (Wildman–Crippen MR) is 124 cm³/mol. The maximum Gasteiger partial charge on any atom is 0.227 e. The molecule has 0 spiro atoms. The Kier molecular flexibility index (Phi) is 6.11. The first kappa shape index (κ1) is 20.2. The lowest BCUT2D eigenvalue weighted by atomic mass is 10.1. The van der Waals surface area contributed by atoms with Crippen molar-refractivity contribution in [1.82, 2.24) is 9.88 Å². The molecule has 4 rings (SSSR count). The summed E-state index contributed by atoms with van der Waals surface area (Å²) in [7, 11) is 0. The highest BCUT2D eigenvalue weighted by atomic mass is 32.2. The van der Waals surface area contributed by atoms with E-state index < -0.39 is 0 Å². The lowest BCUT2D eigenvalue weighted by molar-refractivity contribution is -0.130. The van der Waals surface area contributed by atoms with Gasteiger partial charge in [0.15, 0.2) is 5.13 Å². The van der Waals surface area contributed by atoms with Crippen molar-refractivity contribution >= 4 is 44.4 Å². The Bertz CT molecular complexity index is 966. The quantitative estimate of drug-likeness (QED) is 0.544. The molecule has 29 heavy (non-hydrogen) atoms. The maximum atomic E-state index is 12.7. The number of fused-ring (bicyclic) bond motifs is 1. The van der Waals surface area contributed by atoms with Gasteiger partial charge in [-0.3, -0.25) is 4.79 Å². The largest absolute Gasteiger partial charge is 0.345 e. The molecule has 152 valence electrons. The minimum Gasteiger partial charge on any atom is -0.345 e. The van der Waals surface area contributed by atoms with Crippen molar-refractivity contribution in [2.75, 3.05) is 36.8 Å². The molecule has 1 aliphatic heterocycles. The van der Waals surface area contributed by atoms with Crippen LogP contribution in [-0.2, 0) is 11.2 Å². The molecule has 0 atom stereocenters. The van der Waals surface area contributed by atoms with Crippen LogP contribution in [0.5, 0.6) is 0 Å². The van der Waals surface area contributed by atoms with Gasteiger partial charge in [0.2, 0.25) is 5.91 Å². The number of hydrogen-bond donors (Lipinski definition) is 0. The molecule has 2 heterocycles. The third kappa shape index (κ3) is 4.59. The summed E-state index contributed by atoms with van der Waals surface area (Å²) in [4.78, 5) is 23.1. The van der Waals surface area contributed by atoms with E-state index in [1.807, 2.05) is 16.7 Å². The molecule has 0 unspecified atom stereocenters. The Hall–Kier alpha value is -2.05. The Morgan fingerprint density at radius 3 is 2.45 bits per heavy atom. The van der Waals surface area contributed by atoms with E-state index in [2.05, 4.69) is 62.1 Å². The minimum atomic E-state index is 0.219. The molecule has 0 N–H and O–H groups in total. The molecule has 1 saturated heterocycles. The van der Waals surface area contributed by atoms with Gasteiger partial charge in [-0.15, -0.1) is 11.8 Å². The summed E-state index contributed by atoms with van der Waals surface area (Å²) in [5, 5.41) is 1.07. The lowest BCUT2D eigenvalue weighted by Crippen LogP contribution is -2.49. The number of hydrogen-bond acceptors (Lipinski definition) is 5. The van der Waals surface area contributed by atoms with Crippen LogP contribution in [0, 0.1) is 13.8 Å². The van der Waals surface area contributed by atoms with Crippen LogP contribution >= 0.6 is 23.1 Å². The van der Waals surface area contributed by atoms with E-state index in [-0.39, 0.29) is 5.91 Å². The molecule has 0 aliphatic carbocycles. The van der Waals surface area contributed by atoms with E-state index >= 15 is 0 Å². The van der Waals surface area contributed by atoms with E-state index in [1.54, 1.807) is 11.3 Å². The number of piperazine rings is 1. The highest BCUT2D eigenvalue weighted by Crippen LogP contribution is 2.31. The fraction of sp³-hybridized carbons (Fsp3) is 0.391. The van der Waals surface area contributed by atoms with Gasteiger partial charge in [-0.25, -0.2) is 4.98 Å². The zero-order valence-electron chi connectivity index (χ0n) is 17.3. The topological polar surface area (TPSA) is 36.4 Å². The molecule has 1 fully saturated rings. The number of amides is 1. The molecular formula is C23H27N3OS2.